The van der Waals surface area contributed by atoms with Gasteiger partial charge in [0.05, 0.1) is 0 Å². The summed E-state index contributed by atoms with van der Waals surface area (Å²) in [4.78, 5) is 28.7. The standard InChI is InChI=1S/C21H23F3N2O3/c1-12(2)18(27)10-17-9-16(8-14(4)26-17)20(28)25-11-15-5-6-19(13(3)7-15)29-21(22,23)24/h5-9,12H,10-11H2,1-4H3,(H,25,28). The van der Waals surface area contributed by atoms with E-state index in [0.717, 1.165) is 0 Å². The van der Waals surface area contributed by atoms with Gasteiger partial charge in [0.15, 0.2) is 0 Å². The highest BCUT2D eigenvalue weighted by Gasteiger charge is 2.31. The molecule has 1 aromatic carbocycles. The van der Waals surface area contributed by atoms with E-state index in [1.807, 2.05) is 0 Å². The molecular formula is C21H23F3N2O3. The Bertz CT molecular complexity index is 909. The summed E-state index contributed by atoms with van der Waals surface area (Å²) in [6.45, 7) is 6.98. The number of alkyl halides is 3. The van der Waals surface area contributed by atoms with Gasteiger partial charge in [-0.2, -0.15) is 0 Å². The van der Waals surface area contributed by atoms with Crippen molar-refractivity contribution in [1.82, 2.24) is 10.3 Å². The number of hydrogen-bond acceptors (Lipinski definition) is 4. The van der Waals surface area contributed by atoms with Gasteiger partial charge in [-0.15, -0.1) is 13.2 Å². The van der Waals surface area contributed by atoms with E-state index in [0.29, 0.717) is 28.1 Å². The summed E-state index contributed by atoms with van der Waals surface area (Å²) in [6.07, 6.45) is -4.60. The van der Waals surface area contributed by atoms with Crippen molar-refractivity contribution in [3.63, 3.8) is 0 Å². The highest BCUT2D eigenvalue weighted by Crippen LogP contribution is 2.26. The summed E-state index contributed by atoms with van der Waals surface area (Å²) >= 11 is 0. The van der Waals surface area contributed by atoms with Crippen LogP contribution in [0.1, 0.15) is 46.7 Å². The number of ketones is 1. The van der Waals surface area contributed by atoms with Crippen LogP contribution in [0.3, 0.4) is 0 Å². The lowest BCUT2D eigenvalue weighted by Crippen LogP contribution is -2.24. The van der Waals surface area contributed by atoms with Crippen molar-refractivity contribution in [1.29, 1.82) is 0 Å². The first kappa shape index (κ1) is 22.4. The van der Waals surface area contributed by atoms with Gasteiger partial charge in [-0.05, 0) is 43.2 Å². The molecule has 1 aromatic heterocycles. The van der Waals surface area contributed by atoms with Crippen LogP contribution in [0.15, 0.2) is 30.3 Å². The third-order valence-corrected chi connectivity index (χ3v) is 4.19. The topological polar surface area (TPSA) is 68.3 Å². The van der Waals surface area contributed by atoms with Gasteiger partial charge in [-0.1, -0.05) is 26.0 Å². The molecule has 0 aliphatic heterocycles. The molecule has 0 unspecified atom stereocenters. The van der Waals surface area contributed by atoms with Crippen molar-refractivity contribution in [2.24, 2.45) is 5.92 Å². The highest BCUT2D eigenvalue weighted by molar-refractivity contribution is 5.94. The molecule has 0 atom stereocenters. The third-order valence-electron chi connectivity index (χ3n) is 4.19. The Morgan fingerprint density at radius 1 is 1.14 bits per heavy atom. The lowest BCUT2D eigenvalue weighted by Gasteiger charge is -2.13. The average molecular weight is 408 g/mol. The number of Topliss-reactive ketones (excluding diaryl/α,β-unsaturated/α-hetero) is 1. The third kappa shape index (κ3) is 6.89. The first-order chi connectivity index (χ1) is 13.4. The molecule has 1 heterocycles. The molecule has 0 radical (unpaired) electrons. The number of pyridine rings is 1. The SMILES string of the molecule is Cc1cc(C(=O)NCc2ccc(OC(F)(F)F)c(C)c2)cc(CC(=O)C(C)C)n1. The molecule has 5 nitrogen and oxygen atoms in total. The first-order valence-electron chi connectivity index (χ1n) is 9.08. The molecule has 29 heavy (non-hydrogen) atoms. The molecule has 8 heteroatoms. The summed E-state index contributed by atoms with van der Waals surface area (Å²) in [5, 5.41) is 2.73. The molecule has 0 spiro atoms. The number of rotatable bonds is 7. The summed E-state index contributed by atoms with van der Waals surface area (Å²) in [7, 11) is 0. The van der Waals surface area contributed by atoms with E-state index in [-0.39, 0.29) is 36.3 Å². The number of carbonyl (C=O) groups is 2. The van der Waals surface area contributed by atoms with E-state index in [1.54, 1.807) is 32.9 Å². The number of amides is 1. The van der Waals surface area contributed by atoms with Crippen LogP contribution in [0.2, 0.25) is 0 Å². The number of halogens is 3. The zero-order valence-corrected chi connectivity index (χ0v) is 16.7. The monoisotopic (exact) mass is 408 g/mol. The minimum Gasteiger partial charge on any atom is -0.406 e. The van der Waals surface area contributed by atoms with Gasteiger partial charge in [0, 0.05) is 35.8 Å². The van der Waals surface area contributed by atoms with E-state index in [9.17, 15) is 22.8 Å². The number of aryl methyl sites for hydroxylation is 2. The summed E-state index contributed by atoms with van der Waals surface area (Å²) in [5.41, 5.74) is 2.46. The molecule has 2 aromatic rings. The Balaban J connectivity index is 2.06. The van der Waals surface area contributed by atoms with Crippen LogP contribution in [0.25, 0.3) is 0 Å². The van der Waals surface area contributed by atoms with Crippen LogP contribution < -0.4 is 10.1 Å². The number of nitrogens with zero attached hydrogens (tertiary/aromatic N) is 1. The molecule has 0 saturated carbocycles. The molecular weight excluding hydrogens is 385 g/mol. The van der Waals surface area contributed by atoms with Crippen LogP contribution in [-0.4, -0.2) is 23.0 Å². The van der Waals surface area contributed by atoms with Gasteiger partial charge in [0.2, 0.25) is 0 Å². The zero-order valence-electron chi connectivity index (χ0n) is 16.7. The van der Waals surface area contributed by atoms with Crippen LogP contribution in [0.4, 0.5) is 13.2 Å². The van der Waals surface area contributed by atoms with Crippen molar-refractivity contribution < 1.29 is 27.5 Å². The second kappa shape index (κ2) is 9.07. The molecule has 0 aliphatic rings. The molecule has 156 valence electrons. The van der Waals surface area contributed by atoms with Crippen LogP contribution in [0, 0.1) is 19.8 Å². The predicted octanol–water partition coefficient (Wildman–Crippen LogP) is 4.29. The van der Waals surface area contributed by atoms with Gasteiger partial charge < -0.3 is 10.1 Å². The van der Waals surface area contributed by atoms with Crippen LogP contribution in [0.5, 0.6) is 5.75 Å². The van der Waals surface area contributed by atoms with Crippen molar-refractivity contribution in [2.75, 3.05) is 0 Å². The van der Waals surface area contributed by atoms with Crippen molar-refractivity contribution in [3.05, 3.63) is 58.4 Å². The molecule has 1 N–H and O–H groups in total. The van der Waals surface area contributed by atoms with Gasteiger partial charge in [-0.3, -0.25) is 14.6 Å². The Morgan fingerprint density at radius 3 is 2.41 bits per heavy atom. The maximum atomic E-state index is 12.5. The predicted molar refractivity (Wildman–Crippen MR) is 102 cm³/mol. The molecule has 1 amide bonds. The van der Waals surface area contributed by atoms with Crippen molar-refractivity contribution in [3.8, 4) is 5.75 Å². The second-order valence-corrected chi connectivity index (χ2v) is 7.12. The van der Waals surface area contributed by atoms with Gasteiger partial charge >= 0.3 is 6.36 Å². The Hall–Kier alpha value is -2.90. The van der Waals surface area contributed by atoms with Gasteiger partial charge in [0.25, 0.3) is 5.91 Å². The van der Waals surface area contributed by atoms with E-state index in [2.05, 4.69) is 15.0 Å². The summed E-state index contributed by atoms with van der Waals surface area (Å²) in [5.74, 6) is -0.730. The fraction of sp³-hybridized carbons (Fsp3) is 0.381. The molecule has 2 rings (SSSR count). The average Bonchev–Trinajstić information content (AvgIpc) is 2.60. The molecule has 0 aliphatic carbocycles. The lowest BCUT2D eigenvalue weighted by atomic mass is 10.0. The van der Waals surface area contributed by atoms with E-state index >= 15 is 0 Å². The maximum absolute atomic E-state index is 12.5. The minimum atomic E-state index is -4.76. The zero-order chi connectivity index (χ0) is 21.8. The first-order valence-corrected chi connectivity index (χ1v) is 9.08. The second-order valence-electron chi connectivity index (χ2n) is 7.12. The molecule has 0 fully saturated rings. The Morgan fingerprint density at radius 2 is 1.83 bits per heavy atom. The van der Waals surface area contributed by atoms with Gasteiger partial charge in [0.1, 0.15) is 11.5 Å². The largest absolute Gasteiger partial charge is 0.573 e. The van der Waals surface area contributed by atoms with E-state index in [1.165, 1.54) is 25.1 Å². The number of hydrogen-bond donors (Lipinski definition) is 1. The number of carbonyl (C=O) groups excluding carboxylic acids is 2. The summed E-state index contributed by atoms with van der Waals surface area (Å²) in [6, 6.07) is 7.39. The van der Waals surface area contributed by atoms with Crippen LogP contribution >= 0.6 is 0 Å². The lowest BCUT2D eigenvalue weighted by molar-refractivity contribution is -0.274. The number of aromatic nitrogens is 1. The number of benzene rings is 1. The number of nitrogens with one attached hydrogen (secondary N) is 1. The highest BCUT2D eigenvalue weighted by atomic mass is 19.4. The molecule has 0 bridgehead atoms. The van der Waals surface area contributed by atoms with E-state index < -0.39 is 6.36 Å². The maximum Gasteiger partial charge on any atom is 0.573 e. The fourth-order valence-electron chi connectivity index (χ4n) is 2.69. The van der Waals surface area contributed by atoms with Crippen molar-refractivity contribution >= 4 is 11.7 Å². The fourth-order valence-corrected chi connectivity index (χ4v) is 2.69. The minimum absolute atomic E-state index is 0.0334. The quantitative estimate of drug-likeness (QED) is 0.742. The van der Waals surface area contributed by atoms with Gasteiger partial charge in [-0.25, -0.2) is 0 Å². The normalized spacial score (nSPS) is 11.4. The smallest absolute Gasteiger partial charge is 0.406 e. The molecule has 0 saturated heterocycles. The Kier molecular flexibility index (Phi) is 7.00. The van der Waals surface area contributed by atoms with E-state index in [4.69, 9.17) is 0 Å². The summed E-state index contributed by atoms with van der Waals surface area (Å²) < 4.78 is 41.0. The Labute approximate surface area is 167 Å². The van der Waals surface area contributed by atoms with Crippen molar-refractivity contribution in [2.45, 2.75) is 47.0 Å². The number of ether oxygens (including phenoxy) is 1. The van der Waals surface area contributed by atoms with Crippen LogP contribution in [-0.2, 0) is 17.8 Å².